The van der Waals surface area contributed by atoms with Gasteiger partial charge in [-0.2, -0.15) is 0 Å². The fourth-order valence-electron chi connectivity index (χ4n) is 2.39. The zero-order valence-corrected chi connectivity index (χ0v) is 17.2. The number of sulfonamides is 1. The number of nitrogens with one attached hydrogen (secondary N) is 2. The molecular formula is C19H17ClN2O4S2. The quantitative estimate of drug-likeness (QED) is 0.583. The van der Waals surface area contributed by atoms with Crippen LogP contribution in [0.5, 0.6) is 5.75 Å². The van der Waals surface area contributed by atoms with Gasteiger partial charge in [0.05, 0.1) is 22.9 Å². The summed E-state index contributed by atoms with van der Waals surface area (Å²) in [5, 5.41) is 2.75. The molecule has 0 fully saturated rings. The normalized spacial score (nSPS) is 11.1. The molecule has 6 nitrogen and oxygen atoms in total. The summed E-state index contributed by atoms with van der Waals surface area (Å²) in [6.07, 6.45) is 0. The highest BCUT2D eigenvalue weighted by atomic mass is 35.5. The SMILES string of the molecule is COc1ccc(NS(=O)(=O)c2cccc(C(=O)NCc3ccc(Cl)s3)c2)cc1. The van der Waals surface area contributed by atoms with E-state index in [2.05, 4.69) is 10.0 Å². The average molecular weight is 437 g/mol. The van der Waals surface area contributed by atoms with Crippen LogP contribution in [0.4, 0.5) is 5.69 Å². The van der Waals surface area contributed by atoms with Crippen LogP contribution in [0.25, 0.3) is 0 Å². The van der Waals surface area contributed by atoms with Crippen molar-refractivity contribution in [1.82, 2.24) is 5.32 Å². The molecule has 0 aliphatic heterocycles. The second-order valence-corrected chi connectivity index (χ2v) is 9.23. The summed E-state index contributed by atoms with van der Waals surface area (Å²) in [4.78, 5) is 13.3. The van der Waals surface area contributed by atoms with E-state index in [1.165, 1.54) is 36.6 Å². The van der Waals surface area contributed by atoms with Gasteiger partial charge in [0.15, 0.2) is 0 Å². The highest BCUT2D eigenvalue weighted by Crippen LogP contribution is 2.22. The van der Waals surface area contributed by atoms with Crippen LogP contribution in [0.3, 0.4) is 0 Å². The van der Waals surface area contributed by atoms with E-state index in [1.54, 1.807) is 36.4 Å². The Kier molecular flexibility index (Phi) is 6.23. The van der Waals surface area contributed by atoms with Crippen molar-refractivity contribution in [3.63, 3.8) is 0 Å². The van der Waals surface area contributed by atoms with Gasteiger partial charge >= 0.3 is 0 Å². The van der Waals surface area contributed by atoms with Crippen LogP contribution in [-0.2, 0) is 16.6 Å². The molecule has 0 bridgehead atoms. The van der Waals surface area contributed by atoms with Crippen molar-refractivity contribution >= 4 is 44.6 Å². The van der Waals surface area contributed by atoms with E-state index >= 15 is 0 Å². The van der Waals surface area contributed by atoms with Crippen molar-refractivity contribution in [2.45, 2.75) is 11.4 Å². The van der Waals surface area contributed by atoms with Gasteiger partial charge in [-0.25, -0.2) is 8.42 Å². The predicted molar refractivity (Wildman–Crippen MR) is 111 cm³/mol. The molecule has 0 aliphatic carbocycles. The number of halogens is 1. The molecule has 146 valence electrons. The molecule has 0 saturated heterocycles. The van der Waals surface area contributed by atoms with Crippen molar-refractivity contribution in [3.8, 4) is 5.75 Å². The highest BCUT2D eigenvalue weighted by molar-refractivity contribution is 7.92. The molecule has 3 rings (SSSR count). The lowest BCUT2D eigenvalue weighted by molar-refractivity contribution is 0.0951. The molecule has 0 saturated carbocycles. The van der Waals surface area contributed by atoms with Gasteiger partial charge in [0, 0.05) is 16.1 Å². The van der Waals surface area contributed by atoms with Crippen LogP contribution in [0, 0.1) is 0 Å². The van der Waals surface area contributed by atoms with E-state index in [-0.39, 0.29) is 16.4 Å². The van der Waals surface area contributed by atoms with Gasteiger partial charge in [-0.05, 0) is 54.6 Å². The number of rotatable bonds is 7. The van der Waals surface area contributed by atoms with E-state index in [9.17, 15) is 13.2 Å². The summed E-state index contributed by atoms with van der Waals surface area (Å²) in [5.74, 6) is 0.250. The van der Waals surface area contributed by atoms with Gasteiger partial charge in [-0.1, -0.05) is 17.7 Å². The minimum absolute atomic E-state index is 0.00450. The van der Waals surface area contributed by atoms with Gasteiger partial charge in [-0.15, -0.1) is 11.3 Å². The fraction of sp³-hybridized carbons (Fsp3) is 0.105. The van der Waals surface area contributed by atoms with E-state index in [0.717, 1.165) is 4.88 Å². The number of hydrogen-bond donors (Lipinski definition) is 2. The molecule has 28 heavy (non-hydrogen) atoms. The number of ether oxygens (including phenoxy) is 1. The van der Waals surface area contributed by atoms with Gasteiger partial charge in [-0.3, -0.25) is 9.52 Å². The molecule has 1 amide bonds. The summed E-state index contributed by atoms with van der Waals surface area (Å²) < 4.78 is 33.4. The molecule has 2 aromatic carbocycles. The molecule has 1 heterocycles. The Bertz CT molecular complexity index is 1080. The van der Waals surface area contributed by atoms with Crippen LogP contribution in [0.2, 0.25) is 4.34 Å². The van der Waals surface area contributed by atoms with Gasteiger partial charge in [0.1, 0.15) is 5.75 Å². The molecule has 9 heteroatoms. The Labute approximate surface area is 172 Å². The van der Waals surface area contributed by atoms with Crippen molar-refractivity contribution in [2.24, 2.45) is 0 Å². The van der Waals surface area contributed by atoms with Gasteiger partial charge < -0.3 is 10.1 Å². The Hall–Kier alpha value is -2.55. The second-order valence-electron chi connectivity index (χ2n) is 5.75. The number of carbonyl (C=O) groups is 1. The summed E-state index contributed by atoms with van der Waals surface area (Å²) in [5.41, 5.74) is 0.644. The number of amides is 1. The maximum atomic E-state index is 12.6. The minimum Gasteiger partial charge on any atom is -0.497 e. The van der Waals surface area contributed by atoms with Crippen LogP contribution in [-0.4, -0.2) is 21.4 Å². The molecule has 0 unspecified atom stereocenters. The molecule has 0 aliphatic rings. The third-order valence-electron chi connectivity index (χ3n) is 3.80. The first-order valence-electron chi connectivity index (χ1n) is 8.17. The van der Waals surface area contributed by atoms with Crippen molar-refractivity contribution in [2.75, 3.05) is 11.8 Å². The van der Waals surface area contributed by atoms with Crippen molar-refractivity contribution < 1.29 is 17.9 Å². The zero-order valence-electron chi connectivity index (χ0n) is 14.8. The smallest absolute Gasteiger partial charge is 0.261 e. The van der Waals surface area contributed by atoms with Crippen molar-refractivity contribution in [1.29, 1.82) is 0 Å². The number of methoxy groups -OCH3 is 1. The van der Waals surface area contributed by atoms with Crippen LogP contribution in [0.1, 0.15) is 15.2 Å². The van der Waals surface area contributed by atoms with Crippen LogP contribution >= 0.6 is 22.9 Å². The largest absolute Gasteiger partial charge is 0.497 e. The third kappa shape index (κ3) is 5.03. The number of benzene rings is 2. The lowest BCUT2D eigenvalue weighted by Crippen LogP contribution is -2.23. The topological polar surface area (TPSA) is 84.5 Å². The average Bonchev–Trinajstić information content (AvgIpc) is 3.12. The summed E-state index contributed by atoms with van der Waals surface area (Å²) in [6.45, 7) is 0.317. The minimum atomic E-state index is -3.84. The molecular weight excluding hydrogens is 420 g/mol. The monoisotopic (exact) mass is 436 g/mol. The molecule has 1 aromatic heterocycles. The van der Waals surface area contributed by atoms with Gasteiger partial charge in [0.25, 0.3) is 15.9 Å². The molecule has 0 atom stereocenters. The maximum Gasteiger partial charge on any atom is 0.261 e. The first-order chi connectivity index (χ1) is 13.4. The van der Waals surface area contributed by atoms with E-state index in [1.807, 2.05) is 6.07 Å². The Morgan fingerprint density at radius 1 is 1.11 bits per heavy atom. The molecule has 0 radical (unpaired) electrons. The zero-order chi connectivity index (χ0) is 20.1. The van der Waals surface area contributed by atoms with Gasteiger partial charge in [0.2, 0.25) is 0 Å². The van der Waals surface area contributed by atoms with Crippen molar-refractivity contribution in [3.05, 3.63) is 75.4 Å². The lowest BCUT2D eigenvalue weighted by atomic mass is 10.2. The first kappa shape index (κ1) is 20.2. The summed E-state index contributed by atoms with van der Waals surface area (Å²) in [6, 6.07) is 15.9. The van der Waals surface area contributed by atoms with E-state index < -0.39 is 10.0 Å². The van der Waals surface area contributed by atoms with E-state index in [4.69, 9.17) is 16.3 Å². The maximum absolute atomic E-state index is 12.6. The van der Waals surface area contributed by atoms with Crippen LogP contribution in [0.15, 0.2) is 65.6 Å². The number of anilines is 1. The molecule has 0 spiro atoms. The molecule has 2 N–H and O–H groups in total. The van der Waals surface area contributed by atoms with E-state index in [0.29, 0.717) is 22.3 Å². The van der Waals surface area contributed by atoms with Crippen LogP contribution < -0.4 is 14.8 Å². The lowest BCUT2D eigenvalue weighted by Gasteiger charge is -2.10. The number of hydrogen-bond acceptors (Lipinski definition) is 5. The molecule has 3 aromatic rings. The highest BCUT2D eigenvalue weighted by Gasteiger charge is 2.17. The summed E-state index contributed by atoms with van der Waals surface area (Å²) >= 11 is 7.24. The number of carbonyl (C=O) groups excluding carboxylic acids is 1. The summed E-state index contributed by atoms with van der Waals surface area (Å²) in [7, 11) is -2.31. The Balaban J connectivity index is 1.72. The first-order valence-corrected chi connectivity index (χ1v) is 10.8. The fourth-order valence-corrected chi connectivity index (χ4v) is 4.53. The number of thiophene rings is 1. The Morgan fingerprint density at radius 2 is 1.86 bits per heavy atom. The third-order valence-corrected chi connectivity index (χ3v) is 6.41. The standard InChI is InChI=1S/C19H17ClN2O4S2/c1-26-15-7-5-14(6-8-15)22-28(24,25)17-4-2-3-13(11-17)19(23)21-12-16-9-10-18(20)27-16/h2-11,22H,12H2,1H3,(H,21,23). The second kappa shape index (κ2) is 8.64. The Morgan fingerprint density at radius 3 is 2.50 bits per heavy atom. The predicted octanol–water partition coefficient (Wildman–Crippen LogP) is 4.14.